The molecule has 23 heavy (non-hydrogen) atoms. The maximum atomic E-state index is 12.6. The van der Waals surface area contributed by atoms with E-state index in [1.54, 1.807) is 12.1 Å². The quantitative estimate of drug-likeness (QED) is 0.570. The monoisotopic (exact) mass is 381 g/mol. The molecule has 1 aliphatic carbocycles. The summed E-state index contributed by atoms with van der Waals surface area (Å²) >= 11 is 3.37. The molecule has 126 valence electrons. The fourth-order valence-corrected chi connectivity index (χ4v) is 3.18. The molecule has 1 fully saturated rings. The van der Waals surface area contributed by atoms with Crippen molar-refractivity contribution in [3.05, 3.63) is 35.4 Å². The number of carbonyl (C=O) groups excluding carboxylic acids is 2. The summed E-state index contributed by atoms with van der Waals surface area (Å²) in [5, 5.41) is 2.00. The van der Waals surface area contributed by atoms with Gasteiger partial charge in [0.1, 0.15) is 0 Å². The number of benzene rings is 1. The molecule has 0 radical (unpaired) electrons. The van der Waals surface area contributed by atoms with Crippen LogP contribution in [0.4, 0.5) is 0 Å². The van der Waals surface area contributed by atoms with Crippen molar-refractivity contribution in [1.82, 2.24) is 5.06 Å². The molecule has 0 spiro atoms. The fraction of sp³-hybridized carbons (Fsp3) is 0.556. The molecule has 1 saturated carbocycles. The van der Waals surface area contributed by atoms with E-state index in [0.717, 1.165) is 36.6 Å². The molecule has 5 heteroatoms. The van der Waals surface area contributed by atoms with Crippen LogP contribution in [-0.4, -0.2) is 23.0 Å². The molecule has 1 aromatic carbocycles. The van der Waals surface area contributed by atoms with Crippen LogP contribution >= 0.6 is 15.9 Å². The fourth-order valence-electron chi connectivity index (χ4n) is 2.81. The van der Waals surface area contributed by atoms with E-state index in [1.165, 1.54) is 11.5 Å². The summed E-state index contributed by atoms with van der Waals surface area (Å²) in [6.07, 6.45) is 5.11. The lowest BCUT2D eigenvalue weighted by Gasteiger charge is -2.30. The van der Waals surface area contributed by atoms with Gasteiger partial charge in [-0.3, -0.25) is 4.79 Å². The molecule has 0 atom stereocenters. The Balaban J connectivity index is 2.05. The van der Waals surface area contributed by atoms with Gasteiger partial charge in [-0.2, -0.15) is 5.06 Å². The van der Waals surface area contributed by atoms with E-state index in [9.17, 15) is 9.59 Å². The molecule has 2 rings (SSSR count). The van der Waals surface area contributed by atoms with E-state index >= 15 is 0 Å². The normalized spacial score (nSPS) is 15.5. The number of hydrogen-bond acceptors (Lipinski definition) is 3. The summed E-state index contributed by atoms with van der Waals surface area (Å²) in [5.41, 5.74) is 1.54. The highest BCUT2D eigenvalue weighted by atomic mass is 79.9. The Morgan fingerprint density at radius 3 is 2.30 bits per heavy atom. The molecule has 0 N–H and O–H groups in total. The lowest BCUT2D eigenvalue weighted by Crippen LogP contribution is -2.42. The van der Waals surface area contributed by atoms with E-state index in [0.29, 0.717) is 5.56 Å². The topological polar surface area (TPSA) is 46.6 Å². The van der Waals surface area contributed by atoms with Crippen LogP contribution in [0.1, 0.15) is 61.9 Å². The van der Waals surface area contributed by atoms with E-state index < -0.39 is 5.97 Å². The average molecular weight is 382 g/mol. The van der Waals surface area contributed by atoms with Crippen molar-refractivity contribution in [2.75, 3.05) is 0 Å². The second-order valence-corrected chi connectivity index (χ2v) is 6.86. The number of halogens is 1. The predicted octanol–water partition coefficient (Wildman–Crippen LogP) is 4.47. The zero-order chi connectivity index (χ0) is 16.8. The van der Waals surface area contributed by atoms with Crippen LogP contribution in [0.5, 0.6) is 0 Å². The minimum atomic E-state index is -0.482. The van der Waals surface area contributed by atoms with Crippen molar-refractivity contribution in [2.45, 2.75) is 57.3 Å². The van der Waals surface area contributed by atoms with Gasteiger partial charge >= 0.3 is 5.97 Å². The summed E-state index contributed by atoms with van der Waals surface area (Å²) in [6.45, 7) is 3.73. The van der Waals surface area contributed by atoms with Crippen molar-refractivity contribution in [3.63, 3.8) is 0 Å². The van der Waals surface area contributed by atoms with Crippen LogP contribution in [-0.2, 0) is 15.0 Å². The van der Waals surface area contributed by atoms with Crippen LogP contribution in [0.2, 0.25) is 0 Å². The molecule has 4 nitrogen and oxygen atoms in total. The van der Waals surface area contributed by atoms with Crippen molar-refractivity contribution >= 4 is 27.8 Å². The highest BCUT2D eigenvalue weighted by Crippen LogP contribution is 2.26. The molecule has 1 aliphatic rings. The maximum Gasteiger partial charge on any atom is 0.363 e. The van der Waals surface area contributed by atoms with E-state index in [4.69, 9.17) is 4.84 Å². The van der Waals surface area contributed by atoms with E-state index in [1.807, 2.05) is 26.0 Å². The standard InChI is InChI=1S/C18H24BrNO3/c1-13(2)20(17(21)15-6-4-3-5-7-15)23-18(22)16-10-8-14(12-19)9-11-16/h8-11,13,15H,3-7,12H2,1-2H3. The van der Waals surface area contributed by atoms with Gasteiger partial charge in [0.2, 0.25) is 0 Å². The first kappa shape index (κ1) is 18.0. The third-order valence-corrected chi connectivity index (χ3v) is 4.81. The average Bonchev–Trinajstić information content (AvgIpc) is 2.59. The second-order valence-electron chi connectivity index (χ2n) is 6.30. The van der Waals surface area contributed by atoms with Gasteiger partial charge < -0.3 is 4.84 Å². The Kier molecular flexibility index (Phi) is 6.63. The molecule has 0 saturated heterocycles. The number of carbonyl (C=O) groups is 2. The third-order valence-electron chi connectivity index (χ3n) is 4.17. The minimum absolute atomic E-state index is 0.0188. The zero-order valence-electron chi connectivity index (χ0n) is 13.8. The Morgan fingerprint density at radius 2 is 1.78 bits per heavy atom. The Hall–Kier alpha value is -1.36. The SMILES string of the molecule is CC(C)N(OC(=O)c1ccc(CBr)cc1)C(=O)C1CCCCC1. The van der Waals surface area contributed by atoms with Crippen LogP contribution in [0, 0.1) is 5.92 Å². The van der Waals surface area contributed by atoms with Crippen molar-refractivity contribution in [3.8, 4) is 0 Å². The number of amides is 1. The summed E-state index contributed by atoms with van der Waals surface area (Å²) in [7, 11) is 0. The molecule has 0 heterocycles. The van der Waals surface area contributed by atoms with Gasteiger partial charge in [0.25, 0.3) is 5.91 Å². The van der Waals surface area contributed by atoms with Crippen molar-refractivity contribution in [2.24, 2.45) is 5.92 Å². The molecular formula is C18H24BrNO3. The largest absolute Gasteiger partial charge is 0.363 e. The molecule has 0 unspecified atom stereocenters. The number of hydrogen-bond donors (Lipinski definition) is 0. The van der Waals surface area contributed by atoms with Crippen LogP contribution < -0.4 is 0 Å². The van der Waals surface area contributed by atoms with Gasteiger partial charge in [-0.15, -0.1) is 0 Å². The van der Waals surface area contributed by atoms with Gasteiger partial charge in [0, 0.05) is 11.2 Å². The first-order valence-electron chi connectivity index (χ1n) is 8.23. The summed E-state index contributed by atoms with van der Waals surface area (Å²) in [6, 6.07) is 7.02. The van der Waals surface area contributed by atoms with E-state index in [2.05, 4.69) is 15.9 Å². The highest BCUT2D eigenvalue weighted by Gasteiger charge is 2.30. The van der Waals surface area contributed by atoms with Gasteiger partial charge in [-0.25, -0.2) is 4.79 Å². The second kappa shape index (κ2) is 8.48. The van der Waals surface area contributed by atoms with Gasteiger partial charge in [-0.1, -0.05) is 47.3 Å². The molecular weight excluding hydrogens is 358 g/mol. The molecule has 0 aromatic heterocycles. The molecule has 0 aliphatic heterocycles. The zero-order valence-corrected chi connectivity index (χ0v) is 15.3. The number of rotatable bonds is 4. The Bertz CT molecular complexity index is 536. The smallest absolute Gasteiger partial charge is 0.332 e. The lowest BCUT2D eigenvalue weighted by atomic mass is 9.88. The number of nitrogens with zero attached hydrogens (tertiary/aromatic N) is 1. The summed E-state index contributed by atoms with van der Waals surface area (Å²) in [5.74, 6) is -0.566. The Labute approximate surface area is 146 Å². The predicted molar refractivity (Wildman–Crippen MR) is 93.0 cm³/mol. The van der Waals surface area contributed by atoms with E-state index in [-0.39, 0.29) is 17.9 Å². The third kappa shape index (κ3) is 4.80. The Morgan fingerprint density at radius 1 is 1.17 bits per heavy atom. The van der Waals surface area contributed by atoms with Gasteiger partial charge in [0.15, 0.2) is 0 Å². The van der Waals surface area contributed by atoms with Crippen LogP contribution in [0.15, 0.2) is 24.3 Å². The minimum Gasteiger partial charge on any atom is -0.332 e. The van der Waals surface area contributed by atoms with Crippen LogP contribution in [0.3, 0.4) is 0 Å². The number of alkyl halides is 1. The van der Waals surface area contributed by atoms with Gasteiger partial charge in [0.05, 0.1) is 11.6 Å². The molecule has 1 aromatic rings. The van der Waals surface area contributed by atoms with Crippen LogP contribution in [0.25, 0.3) is 0 Å². The highest BCUT2D eigenvalue weighted by molar-refractivity contribution is 9.08. The first-order chi connectivity index (χ1) is 11.0. The van der Waals surface area contributed by atoms with Crippen molar-refractivity contribution < 1.29 is 14.4 Å². The molecule has 1 amide bonds. The number of hydroxylamine groups is 2. The van der Waals surface area contributed by atoms with Crippen molar-refractivity contribution in [1.29, 1.82) is 0 Å². The van der Waals surface area contributed by atoms with Gasteiger partial charge in [-0.05, 0) is 44.4 Å². The summed E-state index contributed by atoms with van der Waals surface area (Å²) < 4.78 is 0. The first-order valence-corrected chi connectivity index (χ1v) is 9.35. The maximum absolute atomic E-state index is 12.6. The summed E-state index contributed by atoms with van der Waals surface area (Å²) in [4.78, 5) is 30.4. The lowest BCUT2D eigenvalue weighted by molar-refractivity contribution is -0.180. The molecule has 0 bridgehead atoms.